The Hall–Kier alpha value is -3.31. The summed E-state index contributed by atoms with van der Waals surface area (Å²) >= 11 is 0. The zero-order chi connectivity index (χ0) is 26.9. The van der Waals surface area contributed by atoms with Gasteiger partial charge in [0.25, 0.3) is 10.0 Å². The summed E-state index contributed by atoms with van der Waals surface area (Å²) in [7, 11) is -4.46. The number of aromatic nitrogens is 1. The lowest BCUT2D eigenvalue weighted by atomic mass is 10.0. The van der Waals surface area contributed by atoms with Crippen LogP contribution in [0.1, 0.15) is 37.6 Å². The third-order valence-corrected chi connectivity index (χ3v) is 7.93. The molecule has 0 saturated carbocycles. The summed E-state index contributed by atoms with van der Waals surface area (Å²) < 4.78 is 55.1. The maximum Gasteiger partial charge on any atom is 0.336 e. The van der Waals surface area contributed by atoms with Crippen molar-refractivity contribution in [2.45, 2.75) is 38.1 Å². The van der Waals surface area contributed by atoms with E-state index in [1.807, 2.05) is 4.90 Å². The fourth-order valence-electron chi connectivity index (χ4n) is 4.73. The Morgan fingerprint density at radius 2 is 1.76 bits per heavy atom. The molecule has 1 atom stereocenters. The number of nitrogens with one attached hydrogen (secondary N) is 1. The molecule has 0 radical (unpaired) electrons. The summed E-state index contributed by atoms with van der Waals surface area (Å²) in [6, 6.07) is 8.32. The van der Waals surface area contributed by atoms with Gasteiger partial charge in [0, 0.05) is 43.3 Å². The van der Waals surface area contributed by atoms with Crippen molar-refractivity contribution in [3.8, 4) is 0 Å². The molecule has 1 aliphatic heterocycles. The number of hydrogen-bond donors (Lipinski definition) is 2. The van der Waals surface area contributed by atoms with Gasteiger partial charge in [-0.1, -0.05) is 13.8 Å². The van der Waals surface area contributed by atoms with E-state index in [9.17, 15) is 27.1 Å². The molecule has 2 heterocycles. The molecule has 1 aliphatic rings. The van der Waals surface area contributed by atoms with Crippen LogP contribution < -0.4 is 9.62 Å². The highest BCUT2D eigenvalue weighted by molar-refractivity contribution is 7.92. The Morgan fingerprint density at radius 3 is 2.41 bits per heavy atom. The molecule has 3 aromatic rings. The molecule has 1 saturated heterocycles. The molecule has 1 fully saturated rings. The van der Waals surface area contributed by atoms with E-state index in [-0.39, 0.29) is 16.6 Å². The largest absolute Gasteiger partial charge is 0.478 e. The van der Waals surface area contributed by atoms with E-state index in [0.717, 1.165) is 31.6 Å². The number of hydrogen-bond acceptors (Lipinski definition) is 6. The van der Waals surface area contributed by atoms with Gasteiger partial charge in [-0.3, -0.25) is 9.62 Å². The van der Waals surface area contributed by atoms with Crippen molar-refractivity contribution in [3.63, 3.8) is 0 Å². The van der Waals surface area contributed by atoms with Gasteiger partial charge in [-0.25, -0.2) is 27.0 Å². The van der Waals surface area contributed by atoms with E-state index in [0.29, 0.717) is 42.5 Å². The van der Waals surface area contributed by atoms with Crippen LogP contribution >= 0.6 is 0 Å². The number of carboxylic acids is 1. The molecular weight excluding hydrogens is 502 g/mol. The van der Waals surface area contributed by atoms with Crippen LogP contribution in [0, 0.1) is 17.6 Å². The summed E-state index contributed by atoms with van der Waals surface area (Å²) in [4.78, 5) is 20.4. The van der Waals surface area contributed by atoms with Gasteiger partial charge in [0.15, 0.2) is 0 Å². The predicted octanol–water partition coefficient (Wildman–Crippen LogP) is 4.57. The molecule has 0 unspecified atom stereocenters. The van der Waals surface area contributed by atoms with Gasteiger partial charge in [0.2, 0.25) is 0 Å². The van der Waals surface area contributed by atoms with Gasteiger partial charge in [-0.15, -0.1) is 0 Å². The van der Waals surface area contributed by atoms with Crippen LogP contribution in [0.4, 0.5) is 20.3 Å². The average molecular weight is 533 g/mol. The smallest absolute Gasteiger partial charge is 0.336 e. The zero-order valence-corrected chi connectivity index (χ0v) is 21.7. The van der Waals surface area contributed by atoms with Crippen LogP contribution in [0.2, 0.25) is 0 Å². The first-order valence-corrected chi connectivity index (χ1v) is 13.6. The molecule has 1 aromatic heterocycles. The molecule has 2 N–H and O–H groups in total. The minimum atomic E-state index is -4.46. The van der Waals surface area contributed by atoms with Gasteiger partial charge in [-0.05, 0) is 61.7 Å². The van der Waals surface area contributed by atoms with Gasteiger partial charge >= 0.3 is 5.97 Å². The second-order valence-electron chi connectivity index (χ2n) is 9.75. The number of benzene rings is 2. The van der Waals surface area contributed by atoms with Crippen molar-refractivity contribution in [1.82, 2.24) is 9.88 Å². The fourth-order valence-corrected chi connectivity index (χ4v) is 5.87. The SMILES string of the molecule is CC(C)C[C@@H](C)N1CCN(c2cc(C(=O)O)c3cc(NS(=O)(=O)c4cc(F)ccc4F)ccc3n2)CC1. The van der Waals surface area contributed by atoms with Crippen LogP contribution in [0.5, 0.6) is 0 Å². The van der Waals surface area contributed by atoms with E-state index in [2.05, 4.69) is 35.4 Å². The number of aromatic carboxylic acids is 1. The molecule has 37 heavy (non-hydrogen) atoms. The molecule has 0 aliphatic carbocycles. The molecular formula is C26H30F2N4O4S. The number of sulfonamides is 1. The van der Waals surface area contributed by atoms with Crippen molar-refractivity contribution in [3.05, 3.63) is 59.7 Å². The average Bonchev–Trinajstić information content (AvgIpc) is 2.84. The minimum absolute atomic E-state index is 0.000894. The topological polar surface area (TPSA) is 103 Å². The maximum atomic E-state index is 14.1. The zero-order valence-electron chi connectivity index (χ0n) is 20.9. The van der Waals surface area contributed by atoms with Gasteiger partial charge < -0.3 is 10.0 Å². The number of carboxylic acid groups (broad SMARTS) is 1. The monoisotopic (exact) mass is 532 g/mol. The molecule has 4 rings (SSSR count). The quantitative estimate of drug-likeness (QED) is 0.438. The lowest BCUT2D eigenvalue weighted by Crippen LogP contribution is -2.50. The number of anilines is 2. The normalized spacial score (nSPS) is 15.8. The third-order valence-electron chi connectivity index (χ3n) is 6.53. The number of fused-ring (bicyclic) bond motifs is 1. The maximum absolute atomic E-state index is 14.1. The number of nitrogens with zero attached hydrogens (tertiary/aromatic N) is 3. The highest BCUT2D eigenvalue weighted by Crippen LogP contribution is 2.28. The van der Waals surface area contributed by atoms with Crippen molar-refractivity contribution in [2.75, 3.05) is 35.8 Å². The van der Waals surface area contributed by atoms with Gasteiger partial charge in [-0.2, -0.15) is 0 Å². The molecule has 8 nitrogen and oxygen atoms in total. The Kier molecular flexibility index (Phi) is 7.65. The van der Waals surface area contributed by atoms with Gasteiger partial charge in [0.1, 0.15) is 22.3 Å². The Morgan fingerprint density at radius 1 is 1.05 bits per heavy atom. The third kappa shape index (κ3) is 5.99. The summed E-state index contributed by atoms with van der Waals surface area (Å²) in [6.07, 6.45) is 1.11. The van der Waals surface area contributed by atoms with E-state index >= 15 is 0 Å². The van der Waals surface area contributed by atoms with Crippen molar-refractivity contribution >= 4 is 38.4 Å². The number of halogens is 2. The van der Waals surface area contributed by atoms with Crippen LogP contribution in [-0.4, -0.2) is 61.6 Å². The van der Waals surface area contributed by atoms with Crippen molar-refractivity contribution < 1.29 is 27.1 Å². The lowest BCUT2D eigenvalue weighted by Gasteiger charge is -2.39. The molecule has 0 bridgehead atoms. The van der Waals surface area contributed by atoms with E-state index in [4.69, 9.17) is 0 Å². The first-order valence-electron chi connectivity index (χ1n) is 12.1. The number of piperazine rings is 1. The first kappa shape index (κ1) is 26.7. The second kappa shape index (κ2) is 10.6. The highest BCUT2D eigenvalue weighted by atomic mass is 32.2. The van der Waals surface area contributed by atoms with Crippen LogP contribution in [-0.2, 0) is 10.0 Å². The summed E-state index contributed by atoms with van der Waals surface area (Å²) in [6.45, 7) is 9.72. The Labute approximate surface area is 215 Å². The Balaban J connectivity index is 1.60. The van der Waals surface area contributed by atoms with Crippen LogP contribution in [0.25, 0.3) is 10.9 Å². The predicted molar refractivity (Wildman–Crippen MR) is 139 cm³/mol. The highest BCUT2D eigenvalue weighted by Gasteiger charge is 2.25. The number of rotatable bonds is 8. The minimum Gasteiger partial charge on any atom is -0.478 e. The van der Waals surface area contributed by atoms with Crippen LogP contribution in [0.3, 0.4) is 0 Å². The van der Waals surface area contributed by atoms with E-state index < -0.39 is 32.5 Å². The van der Waals surface area contributed by atoms with Crippen molar-refractivity contribution in [2.24, 2.45) is 5.92 Å². The molecule has 198 valence electrons. The lowest BCUT2D eigenvalue weighted by molar-refractivity contribution is 0.0699. The van der Waals surface area contributed by atoms with Gasteiger partial charge in [0.05, 0.1) is 11.1 Å². The molecule has 0 spiro atoms. The Bertz CT molecular complexity index is 1420. The second-order valence-corrected chi connectivity index (χ2v) is 11.4. The standard InChI is InChI=1S/C26H30F2N4O4S/c1-16(2)12-17(3)31-8-10-32(11-9-31)25-15-21(26(33)34)20-14-19(5-7-23(20)29-25)30-37(35,36)24-13-18(27)4-6-22(24)28/h4-7,13-17,30H,8-12H2,1-3H3,(H,33,34)/t17-/m1/s1. The number of pyridine rings is 1. The van der Waals surface area contributed by atoms with Crippen molar-refractivity contribution in [1.29, 1.82) is 0 Å². The number of carbonyl (C=O) groups is 1. The van der Waals surface area contributed by atoms with E-state index in [1.165, 1.54) is 24.3 Å². The van der Waals surface area contributed by atoms with Crippen LogP contribution in [0.15, 0.2) is 47.4 Å². The first-order chi connectivity index (χ1) is 17.4. The fraction of sp³-hybridized carbons (Fsp3) is 0.385. The summed E-state index contributed by atoms with van der Waals surface area (Å²) in [5.41, 5.74) is 0.347. The van der Waals surface area contributed by atoms with E-state index in [1.54, 1.807) is 0 Å². The molecule has 11 heteroatoms. The molecule has 2 aromatic carbocycles. The molecule has 0 amide bonds. The summed E-state index contributed by atoms with van der Waals surface area (Å²) in [5.74, 6) is -2.05. The summed E-state index contributed by atoms with van der Waals surface area (Å²) in [5, 5.41) is 10.1.